The maximum atomic E-state index is 5.28. The number of allylic oxidation sites excluding steroid dienone is 1. The Balaban J connectivity index is 0.00000115. The van der Waals surface area contributed by atoms with Crippen LogP contribution in [0.1, 0.15) is 70.2 Å². The highest BCUT2D eigenvalue weighted by Crippen LogP contribution is 2.26. The van der Waals surface area contributed by atoms with Gasteiger partial charge in [0.15, 0.2) is 0 Å². The van der Waals surface area contributed by atoms with Crippen molar-refractivity contribution in [2.24, 2.45) is 10.2 Å². The molecule has 0 unspecified atom stereocenters. The molecule has 0 aliphatic carbocycles. The van der Waals surface area contributed by atoms with Crippen molar-refractivity contribution in [1.29, 1.82) is 0 Å². The van der Waals surface area contributed by atoms with Crippen molar-refractivity contribution < 1.29 is 4.74 Å². The van der Waals surface area contributed by atoms with E-state index in [2.05, 4.69) is 72.2 Å². The minimum absolute atomic E-state index is 0.393. The molecule has 2 aliphatic rings. The van der Waals surface area contributed by atoms with E-state index in [0.29, 0.717) is 6.01 Å². The first-order valence-corrected chi connectivity index (χ1v) is 13.4. The van der Waals surface area contributed by atoms with E-state index in [-0.39, 0.29) is 0 Å². The fraction of sp³-hybridized carbons (Fsp3) is 0.517. The van der Waals surface area contributed by atoms with Crippen LogP contribution in [0.5, 0.6) is 6.01 Å². The maximum Gasteiger partial charge on any atom is 0.316 e. The second-order valence-electron chi connectivity index (χ2n) is 9.28. The summed E-state index contributed by atoms with van der Waals surface area (Å²) in [4.78, 5) is 11.2. The summed E-state index contributed by atoms with van der Waals surface area (Å²) >= 11 is 0. The molecule has 0 amide bonds. The Bertz CT molecular complexity index is 1100. The molecule has 1 saturated heterocycles. The minimum atomic E-state index is 0.393. The molecular formula is C29H42N6O. The Labute approximate surface area is 216 Å². The lowest BCUT2D eigenvalue weighted by atomic mass is 9.94. The first-order valence-electron chi connectivity index (χ1n) is 13.4. The van der Waals surface area contributed by atoms with Crippen molar-refractivity contribution in [3.8, 4) is 17.3 Å². The summed E-state index contributed by atoms with van der Waals surface area (Å²) in [6, 6.07) is 8.90. The quantitative estimate of drug-likeness (QED) is 0.572. The number of hydrogen-bond donors (Lipinski definition) is 1. The fourth-order valence-corrected chi connectivity index (χ4v) is 4.34. The topological polar surface area (TPSA) is 75.0 Å². The lowest BCUT2D eigenvalue weighted by Gasteiger charge is -2.29. The largest absolute Gasteiger partial charge is 0.467 e. The molecule has 1 fully saturated rings. The van der Waals surface area contributed by atoms with Crippen LogP contribution in [0.15, 0.2) is 46.1 Å². The van der Waals surface area contributed by atoms with E-state index >= 15 is 0 Å². The van der Waals surface area contributed by atoms with E-state index < -0.39 is 0 Å². The Morgan fingerprint density at radius 2 is 1.75 bits per heavy atom. The van der Waals surface area contributed by atoms with Gasteiger partial charge in [0.05, 0.1) is 18.5 Å². The second kappa shape index (κ2) is 13.9. The Morgan fingerprint density at radius 3 is 2.42 bits per heavy atom. The average molecular weight is 491 g/mol. The van der Waals surface area contributed by atoms with Crippen molar-refractivity contribution in [2.45, 2.75) is 66.7 Å². The molecule has 194 valence electrons. The number of aryl methyl sites for hydroxylation is 2. The molecular weight excluding hydrogens is 448 g/mol. The van der Waals surface area contributed by atoms with Gasteiger partial charge in [-0.3, -0.25) is 0 Å². The van der Waals surface area contributed by atoms with Gasteiger partial charge in [0, 0.05) is 49.4 Å². The summed E-state index contributed by atoms with van der Waals surface area (Å²) in [7, 11) is 1.60. The molecule has 2 aliphatic heterocycles. The Hall–Kier alpha value is -3.06. The number of aromatic nitrogens is 2. The molecule has 1 N–H and O–H groups in total. The van der Waals surface area contributed by atoms with Crippen LogP contribution in [0.4, 0.5) is 0 Å². The predicted octanol–water partition coefficient (Wildman–Crippen LogP) is 5.58. The van der Waals surface area contributed by atoms with E-state index in [1.54, 1.807) is 7.11 Å². The molecule has 0 atom stereocenters. The van der Waals surface area contributed by atoms with Crippen LogP contribution in [-0.4, -0.2) is 59.7 Å². The number of hydrogen-bond acceptors (Lipinski definition) is 7. The van der Waals surface area contributed by atoms with Crippen molar-refractivity contribution >= 4 is 11.5 Å². The molecule has 7 nitrogen and oxygen atoms in total. The van der Waals surface area contributed by atoms with E-state index in [1.807, 2.05) is 13.0 Å². The van der Waals surface area contributed by atoms with E-state index in [9.17, 15) is 0 Å². The second-order valence-corrected chi connectivity index (χ2v) is 9.28. The number of rotatable bonds is 6. The van der Waals surface area contributed by atoms with Gasteiger partial charge in [-0.15, -0.1) is 10.2 Å². The monoisotopic (exact) mass is 490 g/mol. The van der Waals surface area contributed by atoms with Crippen molar-refractivity contribution in [1.82, 2.24) is 20.2 Å². The van der Waals surface area contributed by atoms with Gasteiger partial charge in [0.1, 0.15) is 5.84 Å². The molecule has 0 bridgehead atoms. The highest BCUT2D eigenvalue weighted by Gasteiger charge is 2.19. The number of amidine groups is 1. The Morgan fingerprint density at radius 1 is 1.00 bits per heavy atom. The van der Waals surface area contributed by atoms with Crippen LogP contribution in [0, 0.1) is 6.92 Å². The zero-order valence-electron chi connectivity index (χ0n) is 22.9. The van der Waals surface area contributed by atoms with Crippen LogP contribution < -0.4 is 10.1 Å². The van der Waals surface area contributed by atoms with Gasteiger partial charge in [0.25, 0.3) is 0 Å². The summed E-state index contributed by atoms with van der Waals surface area (Å²) in [5.41, 5.74) is 7.54. The highest BCUT2D eigenvalue weighted by atomic mass is 16.5. The van der Waals surface area contributed by atoms with E-state index in [0.717, 1.165) is 85.9 Å². The highest BCUT2D eigenvalue weighted by molar-refractivity contribution is 6.11. The normalized spacial score (nSPS) is 15.7. The average Bonchev–Trinajstić information content (AvgIpc) is 3.12. The third kappa shape index (κ3) is 7.23. The first-order chi connectivity index (χ1) is 17.5. The molecule has 1 aromatic heterocycles. The molecule has 7 heteroatoms. The number of methoxy groups -OCH3 is 1. The minimum Gasteiger partial charge on any atom is -0.467 e. The summed E-state index contributed by atoms with van der Waals surface area (Å²) in [6.45, 7) is 14.6. The molecule has 0 radical (unpaired) electrons. The number of benzene rings is 1. The molecule has 1 aromatic carbocycles. The summed E-state index contributed by atoms with van der Waals surface area (Å²) in [6.07, 6.45) is 7.36. The predicted molar refractivity (Wildman–Crippen MR) is 150 cm³/mol. The van der Waals surface area contributed by atoms with Gasteiger partial charge >= 0.3 is 6.01 Å². The summed E-state index contributed by atoms with van der Waals surface area (Å²) < 4.78 is 5.28. The van der Waals surface area contributed by atoms with Gasteiger partial charge in [-0.05, 0) is 43.5 Å². The van der Waals surface area contributed by atoms with Gasteiger partial charge in [0.2, 0.25) is 0 Å². The van der Waals surface area contributed by atoms with Crippen molar-refractivity contribution in [3.05, 3.63) is 52.7 Å². The van der Waals surface area contributed by atoms with Crippen molar-refractivity contribution in [3.63, 3.8) is 0 Å². The van der Waals surface area contributed by atoms with Crippen molar-refractivity contribution in [2.75, 3.05) is 33.3 Å². The number of nitrogens with one attached hydrogen (secondary N) is 1. The van der Waals surface area contributed by atoms with Gasteiger partial charge in [-0.1, -0.05) is 58.2 Å². The van der Waals surface area contributed by atoms with Crippen LogP contribution in [0.3, 0.4) is 0 Å². The Kier molecular flexibility index (Phi) is 10.6. The SMILES string of the molecule is CCC.CCCc1cc(-c2cc(C)nc(OC)n2)ccc1C1=NN=C(N2CCNCC2)CC(CC)=C1. The molecule has 3 heterocycles. The molecule has 0 saturated carbocycles. The number of nitrogens with zero attached hydrogens (tertiary/aromatic N) is 5. The molecule has 36 heavy (non-hydrogen) atoms. The zero-order valence-corrected chi connectivity index (χ0v) is 22.9. The third-order valence-corrected chi connectivity index (χ3v) is 6.15. The molecule has 2 aromatic rings. The number of piperazine rings is 1. The lowest BCUT2D eigenvalue weighted by molar-refractivity contribution is 0.352. The van der Waals surface area contributed by atoms with Crippen LogP contribution in [-0.2, 0) is 6.42 Å². The summed E-state index contributed by atoms with van der Waals surface area (Å²) in [5.74, 6) is 1.08. The van der Waals surface area contributed by atoms with E-state index in [1.165, 1.54) is 17.6 Å². The van der Waals surface area contributed by atoms with Gasteiger partial charge < -0.3 is 15.0 Å². The van der Waals surface area contributed by atoms with Crippen LogP contribution in [0.25, 0.3) is 11.3 Å². The lowest BCUT2D eigenvalue weighted by Crippen LogP contribution is -2.46. The smallest absolute Gasteiger partial charge is 0.316 e. The van der Waals surface area contributed by atoms with Crippen LogP contribution >= 0.6 is 0 Å². The van der Waals surface area contributed by atoms with Gasteiger partial charge in [-0.25, -0.2) is 4.98 Å². The van der Waals surface area contributed by atoms with Gasteiger partial charge in [-0.2, -0.15) is 4.98 Å². The molecule has 4 rings (SSSR count). The summed E-state index contributed by atoms with van der Waals surface area (Å²) in [5, 5.41) is 12.9. The zero-order chi connectivity index (χ0) is 25.9. The standard InChI is InChI=1S/C26H34N6O.C3H8/c1-5-7-20-17-21(23-14-18(3)28-26(29-23)33-4)8-9-22(20)24-15-19(6-2)16-25(31-30-24)32-12-10-27-11-13-32;1-3-2/h8-9,14-15,17,27H,5-7,10-13,16H2,1-4H3;3H2,1-2H3. The first kappa shape index (κ1) is 27.5. The maximum absolute atomic E-state index is 5.28. The number of ether oxygens (including phenoxy) is 1. The third-order valence-electron chi connectivity index (χ3n) is 6.15. The van der Waals surface area contributed by atoms with E-state index in [4.69, 9.17) is 14.9 Å². The molecule has 0 spiro atoms. The van der Waals surface area contributed by atoms with Crippen LogP contribution in [0.2, 0.25) is 0 Å². The fourth-order valence-electron chi connectivity index (χ4n) is 4.34.